The van der Waals surface area contributed by atoms with Crippen LogP contribution in [0.5, 0.6) is 23.0 Å². The Morgan fingerprint density at radius 2 is 0.781 bits per heavy atom. The molecule has 0 aromatic heterocycles. The zero-order valence-corrected chi connectivity index (χ0v) is 34.8. The highest BCUT2D eigenvalue weighted by Crippen LogP contribution is 2.67. The van der Waals surface area contributed by atoms with Crippen molar-refractivity contribution in [1.29, 1.82) is 0 Å². The maximum atomic E-state index is 7.22. The molecular weight excluding hydrogens is 779 g/mol. The summed E-state index contributed by atoms with van der Waals surface area (Å²) in [4.78, 5) is 2.32. The van der Waals surface area contributed by atoms with E-state index >= 15 is 0 Å². The molecule has 0 N–H and O–H groups in total. The molecule has 3 nitrogen and oxygen atoms in total. The fourth-order valence-electron chi connectivity index (χ4n) is 10.6. The van der Waals surface area contributed by atoms with E-state index in [0.29, 0.717) is 17.2 Å². The molecule has 10 aromatic carbocycles. The van der Waals surface area contributed by atoms with Crippen LogP contribution in [-0.2, 0) is 5.41 Å². The Morgan fingerprint density at radius 1 is 0.297 bits per heavy atom. The number of hydrogen-bond acceptors (Lipinski definition) is 3. The molecule has 0 saturated carbocycles. The minimum atomic E-state index is -0.482. The van der Waals surface area contributed by atoms with Crippen LogP contribution in [0.25, 0.3) is 55.6 Å². The lowest BCUT2D eigenvalue weighted by atomic mass is 9.70. The summed E-state index contributed by atoms with van der Waals surface area (Å²) in [7, 11) is 0. The largest absolute Gasteiger partial charge is 0.449 e. The van der Waals surface area contributed by atoms with E-state index < -0.39 is 5.41 Å². The maximum absolute atomic E-state index is 7.22. The normalized spacial score (nSPS) is 13.1. The molecule has 0 amide bonds. The predicted octanol–water partition coefficient (Wildman–Crippen LogP) is 16.4. The molecule has 3 aliphatic rings. The predicted molar refractivity (Wildman–Crippen MR) is 260 cm³/mol. The SMILES string of the molecule is c1ccc(-c2ccc(-c3cccc(N(c4ccccc4-c4ccccc4)c4cccc5c4Oc4ccc6c(c4O5)-c4ccccc4C64c5ccccc5-c5ccccc54)c3)cc2)cc1. The smallest absolute Gasteiger partial charge is 0.194 e. The van der Waals surface area contributed by atoms with E-state index in [1.54, 1.807) is 0 Å². The Kier molecular flexibility index (Phi) is 8.13. The molecule has 0 unspecified atom stereocenters. The van der Waals surface area contributed by atoms with E-state index in [9.17, 15) is 0 Å². The summed E-state index contributed by atoms with van der Waals surface area (Å²) >= 11 is 0. The molecule has 1 aliphatic heterocycles. The van der Waals surface area contributed by atoms with Crippen LogP contribution in [0.1, 0.15) is 22.3 Å². The monoisotopic (exact) mass is 817 g/mol. The van der Waals surface area contributed by atoms with E-state index in [1.165, 1.54) is 44.5 Å². The lowest BCUT2D eigenvalue weighted by molar-refractivity contribution is 0.361. The van der Waals surface area contributed by atoms with Gasteiger partial charge in [0.2, 0.25) is 0 Å². The van der Waals surface area contributed by atoms with E-state index in [0.717, 1.165) is 56.2 Å². The van der Waals surface area contributed by atoms with Crippen molar-refractivity contribution in [3.63, 3.8) is 0 Å². The molecule has 3 heteroatoms. The first-order valence-electron chi connectivity index (χ1n) is 21.9. The molecule has 10 aromatic rings. The van der Waals surface area contributed by atoms with Gasteiger partial charge in [0.05, 0.1) is 16.8 Å². The van der Waals surface area contributed by atoms with Crippen molar-refractivity contribution in [3.8, 4) is 78.6 Å². The Hall–Kier alpha value is -8.40. The topological polar surface area (TPSA) is 21.7 Å². The minimum Gasteiger partial charge on any atom is -0.449 e. The third-order valence-corrected chi connectivity index (χ3v) is 13.4. The van der Waals surface area contributed by atoms with Gasteiger partial charge in [-0.25, -0.2) is 0 Å². The van der Waals surface area contributed by atoms with Gasteiger partial charge in [0.15, 0.2) is 23.0 Å². The van der Waals surface area contributed by atoms with Gasteiger partial charge in [-0.2, -0.15) is 0 Å². The van der Waals surface area contributed by atoms with Crippen molar-refractivity contribution in [2.24, 2.45) is 0 Å². The Labute approximate surface area is 372 Å². The average Bonchev–Trinajstić information content (AvgIpc) is 3.85. The van der Waals surface area contributed by atoms with Crippen LogP contribution in [0.4, 0.5) is 17.1 Å². The van der Waals surface area contributed by atoms with Crippen LogP contribution >= 0.6 is 0 Å². The van der Waals surface area contributed by atoms with E-state index in [1.807, 2.05) is 6.07 Å². The number of ether oxygens (including phenoxy) is 2. The van der Waals surface area contributed by atoms with Crippen molar-refractivity contribution in [1.82, 2.24) is 0 Å². The second-order valence-corrected chi connectivity index (χ2v) is 16.7. The first-order chi connectivity index (χ1) is 31.8. The second kappa shape index (κ2) is 14.3. The summed E-state index contributed by atoms with van der Waals surface area (Å²) in [5.41, 5.74) is 19.1. The van der Waals surface area contributed by atoms with Crippen molar-refractivity contribution >= 4 is 17.1 Å². The Bertz CT molecular complexity index is 3400. The van der Waals surface area contributed by atoms with E-state index in [2.05, 4.69) is 235 Å². The second-order valence-electron chi connectivity index (χ2n) is 16.7. The van der Waals surface area contributed by atoms with Gasteiger partial charge in [-0.3, -0.25) is 0 Å². The van der Waals surface area contributed by atoms with Crippen LogP contribution < -0.4 is 14.4 Å². The summed E-state index contributed by atoms with van der Waals surface area (Å²) in [5.74, 6) is 2.76. The highest BCUT2D eigenvalue weighted by Gasteiger charge is 2.53. The quantitative estimate of drug-likeness (QED) is 0.167. The molecule has 64 heavy (non-hydrogen) atoms. The molecule has 13 rings (SSSR count). The van der Waals surface area contributed by atoms with Crippen molar-refractivity contribution in [2.45, 2.75) is 5.41 Å². The number of para-hydroxylation sites is 2. The highest BCUT2D eigenvalue weighted by atomic mass is 16.6. The molecule has 2 aliphatic carbocycles. The van der Waals surface area contributed by atoms with Gasteiger partial charge in [-0.05, 0) is 103 Å². The molecule has 0 fully saturated rings. The van der Waals surface area contributed by atoms with Gasteiger partial charge < -0.3 is 14.4 Å². The number of rotatable bonds is 6. The third-order valence-electron chi connectivity index (χ3n) is 13.4. The molecule has 0 atom stereocenters. The van der Waals surface area contributed by atoms with Gasteiger partial charge in [0, 0.05) is 16.8 Å². The molecular formula is C61H39NO2. The molecule has 300 valence electrons. The van der Waals surface area contributed by atoms with Gasteiger partial charge in [-0.15, -0.1) is 0 Å². The van der Waals surface area contributed by atoms with Crippen LogP contribution in [0, 0.1) is 0 Å². The molecule has 1 spiro atoms. The summed E-state index contributed by atoms with van der Waals surface area (Å²) in [6, 6.07) is 84.6. The first kappa shape index (κ1) is 36.3. The van der Waals surface area contributed by atoms with E-state index in [4.69, 9.17) is 9.47 Å². The fourth-order valence-corrected chi connectivity index (χ4v) is 10.6. The summed E-state index contributed by atoms with van der Waals surface area (Å²) in [5, 5.41) is 0. The molecule has 0 bridgehead atoms. The Balaban J connectivity index is 0.969. The molecule has 0 radical (unpaired) electrons. The number of fused-ring (bicyclic) bond motifs is 13. The lowest BCUT2D eigenvalue weighted by Gasteiger charge is -2.33. The van der Waals surface area contributed by atoms with Gasteiger partial charge >= 0.3 is 0 Å². The van der Waals surface area contributed by atoms with Gasteiger partial charge in [0.25, 0.3) is 0 Å². The summed E-state index contributed by atoms with van der Waals surface area (Å²) in [6.07, 6.45) is 0. The zero-order chi connectivity index (χ0) is 42.2. The van der Waals surface area contributed by atoms with Crippen LogP contribution in [0.2, 0.25) is 0 Å². The minimum absolute atomic E-state index is 0.482. The first-order valence-corrected chi connectivity index (χ1v) is 21.9. The highest BCUT2D eigenvalue weighted by molar-refractivity contribution is 5.98. The van der Waals surface area contributed by atoms with Crippen LogP contribution in [-0.4, -0.2) is 0 Å². The van der Waals surface area contributed by atoms with Crippen molar-refractivity contribution in [2.75, 3.05) is 4.90 Å². The third kappa shape index (κ3) is 5.34. The Morgan fingerprint density at radius 3 is 1.48 bits per heavy atom. The summed E-state index contributed by atoms with van der Waals surface area (Å²) in [6.45, 7) is 0. The maximum Gasteiger partial charge on any atom is 0.194 e. The lowest BCUT2D eigenvalue weighted by Crippen LogP contribution is -2.25. The van der Waals surface area contributed by atoms with Crippen LogP contribution in [0.3, 0.4) is 0 Å². The fraction of sp³-hybridized carbons (Fsp3) is 0.0164. The standard InChI is InChI=1S/C61H39NO2/c1-3-17-40(18-4-1)41-33-35-42(36-34-41)44-21-15-22-45(39-44)62(54-30-14-10-23-46(54)43-19-5-2-6-20-43)55-31-16-32-56-59(55)63-57-38-37-53-58(60(57)64-56)49-26-9-13-29-52(49)61(53)50-27-11-7-24-47(50)48-25-8-12-28-51(48)61/h1-39H. The molecule has 0 saturated heterocycles. The zero-order valence-electron chi connectivity index (χ0n) is 34.8. The van der Waals surface area contributed by atoms with Crippen molar-refractivity contribution < 1.29 is 9.47 Å². The number of anilines is 3. The van der Waals surface area contributed by atoms with Gasteiger partial charge in [-0.1, -0.05) is 200 Å². The average molecular weight is 818 g/mol. The number of nitrogens with zero attached hydrogens (tertiary/aromatic N) is 1. The van der Waals surface area contributed by atoms with Crippen molar-refractivity contribution in [3.05, 3.63) is 259 Å². The summed E-state index contributed by atoms with van der Waals surface area (Å²) < 4.78 is 14.4. The van der Waals surface area contributed by atoms with Crippen LogP contribution in [0.15, 0.2) is 237 Å². The van der Waals surface area contributed by atoms with E-state index in [-0.39, 0.29) is 0 Å². The molecule has 1 heterocycles. The number of benzene rings is 10. The van der Waals surface area contributed by atoms with Gasteiger partial charge in [0.1, 0.15) is 0 Å². The number of hydrogen-bond donors (Lipinski definition) is 0.